The maximum Gasteiger partial charge on any atom is 0.234 e. The first kappa shape index (κ1) is 11.0. The molecule has 0 aromatic carbocycles. The number of nitrogens with zero attached hydrogens (tertiary/aromatic N) is 4. The lowest BCUT2D eigenvalue weighted by molar-refractivity contribution is -0.121. The summed E-state index contributed by atoms with van der Waals surface area (Å²) >= 11 is 1.44. The summed E-state index contributed by atoms with van der Waals surface area (Å²) in [5, 5.41) is 15.8. The maximum absolute atomic E-state index is 11.3. The molecular weight excluding hydrogens is 226 g/mol. The molecule has 1 amide bonds. The first-order chi connectivity index (χ1) is 7.70. The summed E-state index contributed by atoms with van der Waals surface area (Å²) in [4.78, 5) is 12.0. The lowest BCUT2D eigenvalue weighted by atomic mass is 10.3. The molecule has 7 heteroatoms. The van der Waals surface area contributed by atoms with Crippen LogP contribution in [0.1, 0.15) is 30.6 Å². The molecule has 0 saturated heterocycles. The quantitative estimate of drug-likeness (QED) is 0.860. The molecule has 2 aromatic heterocycles. The standard InChI is InChI=1S/C9H13N5OS/c1-3-4-7(15)10-5-8-13-14-6(2)11-12-9(14)16-8/h3-5H2,1-2H3,(H,10,15). The number of hydrogen-bond donors (Lipinski definition) is 1. The van der Waals surface area contributed by atoms with E-state index in [-0.39, 0.29) is 5.91 Å². The van der Waals surface area contributed by atoms with Gasteiger partial charge in [0.2, 0.25) is 10.9 Å². The highest BCUT2D eigenvalue weighted by molar-refractivity contribution is 7.16. The fourth-order valence-corrected chi connectivity index (χ4v) is 2.13. The van der Waals surface area contributed by atoms with E-state index in [1.54, 1.807) is 4.52 Å². The zero-order valence-corrected chi connectivity index (χ0v) is 10.0. The van der Waals surface area contributed by atoms with E-state index in [0.29, 0.717) is 13.0 Å². The highest BCUT2D eigenvalue weighted by Gasteiger charge is 2.09. The number of rotatable bonds is 4. The van der Waals surface area contributed by atoms with Gasteiger partial charge in [-0.25, -0.2) is 0 Å². The molecule has 16 heavy (non-hydrogen) atoms. The molecule has 2 heterocycles. The second-order valence-electron chi connectivity index (χ2n) is 3.46. The van der Waals surface area contributed by atoms with Crippen molar-refractivity contribution in [3.63, 3.8) is 0 Å². The zero-order valence-electron chi connectivity index (χ0n) is 9.23. The van der Waals surface area contributed by atoms with Gasteiger partial charge in [0.25, 0.3) is 0 Å². The Hall–Kier alpha value is -1.50. The Morgan fingerprint density at radius 1 is 1.50 bits per heavy atom. The molecule has 1 N–H and O–H groups in total. The lowest BCUT2D eigenvalue weighted by Crippen LogP contribution is -2.22. The van der Waals surface area contributed by atoms with Gasteiger partial charge >= 0.3 is 0 Å². The fourth-order valence-electron chi connectivity index (χ4n) is 1.32. The number of nitrogens with one attached hydrogen (secondary N) is 1. The zero-order chi connectivity index (χ0) is 11.5. The summed E-state index contributed by atoms with van der Waals surface area (Å²) in [6, 6.07) is 0. The van der Waals surface area contributed by atoms with E-state index >= 15 is 0 Å². The molecule has 2 rings (SSSR count). The normalized spacial score (nSPS) is 10.9. The number of amides is 1. The summed E-state index contributed by atoms with van der Waals surface area (Å²) in [5.41, 5.74) is 0. The van der Waals surface area contributed by atoms with Crippen molar-refractivity contribution in [2.45, 2.75) is 33.2 Å². The molecule has 0 spiro atoms. The average molecular weight is 239 g/mol. The molecule has 86 valence electrons. The first-order valence-electron chi connectivity index (χ1n) is 5.15. The number of aryl methyl sites for hydroxylation is 1. The van der Waals surface area contributed by atoms with E-state index < -0.39 is 0 Å². The molecule has 0 radical (unpaired) electrons. The number of carbonyl (C=O) groups is 1. The SMILES string of the molecule is CCCC(=O)NCc1nn2c(C)nnc2s1. The van der Waals surface area contributed by atoms with Crippen LogP contribution in [0.15, 0.2) is 0 Å². The molecule has 0 aliphatic rings. The van der Waals surface area contributed by atoms with Crippen molar-refractivity contribution in [1.82, 2.24) is 25.1 Å². The van der Waals surface area contributed by atoms with Crippen LogP contribution in [0.5, 0.6) is 0 Å². The predicted molar refractivity (Wildman–Crippen MR) is 60.2 cm³/mol. The second-order valence-corrected chi connectivity index (χ2v) is 4.50. The Kier molecular flexibility index (Phi) is 3.14. The summed E-state index contributed by atoms with van der Waals surface area (Å²) < 4.78 is 1.69. The Balaban J connectivity index is 2.02. The van der Waals surface area contributed by atoms with Gasteiger partial charge in [0.05, 0.1) is 6.54 Å². The van der Waals surface area contributed by atoms with Crippen LogP contribution in [0.4, 0.5) is 0 Å². The maximum atomic E-state index is 11.3. The highest BCUT2D eigenvalue weighted by atomic mass is 32.1. The van der Waals surface area contributed by atoms with E-state index in [1.165, 1.54) is 11.3 Å². The van der Waals surface area contributed by atoms with E-state index in [0.717, 1.165) is 22.2 Å². The van der Waals surface area contributed by atoms with Crippen LogP contribution in [-0.2, 0) is 11.3 Å². The predicted octanol–water partition coefficient (Wildman–Crippen LogP) is 0.911. The first-order valence-corrected chi connectivity index (χ1v) is 5.96. The van der Waals surface area contributed by atoms with Crippen LogP contribution in [0.3, 0.4) is 0 Å². The van der Waals surface area contributed by atoms with Crippen LogP contribution < -0.4 is 5.32 Å². The van der Waals surface area contributed by atoms with Gasteiger partial charge in [0, 0.05) is 6.42 Å². The van der Waals surface area contributed by atoms with E-state index in [4.69, 9.17) is 0 Å². The summed E-state index contributed by atoms with van der Waals surface area (Å²) in [6.07, 6.45) is 1.42. The molecule has 0 unspecified atom stereocenters. The molecule has 0 aliphatic carbocycles. The van der Waals surface area contributed by atoms with Crippen molar-refractivity contribution < 1.29 is 4.79 Å². The van der Waals surface area contributed by atoms with Gasteiger partial charge in [-0.1, -0.05) is 18.3 Å². The average Bonchev–Trinajstić information content (AvgIpc) is 2.79. The van der Waals surface area contributed by atoms with Crippen LogP contribution in [-0.4, -0.2) is 25.7 Å². The molecule has 0 aliphatic heterocycles. The van der Waals surface area contributed by atoms with Crippen LogP contribution in [0.25, 0.3) is 4.96 Å². The molecular formula is C9H13N5OS. The van der Waals surface area contributed by atoms with Crippen molar-refractivity contribution >= 4 is 22.2 Å². The van der Waals surface area contributed by atoms with Crippen molar-refractivity contribution in [2.24, 2.45) is 0 Å². The number of aromatic nitrogens is 4. The minimum Gasteiger partial charge on any atom is -0.350 e. The third kappa shape index (κ3) is 2.19. The largest absolute Gasteiger partial charge is 0.350 e. The molecule has 0 bridgehead atoms. The fraction of sp³-hybridized carbons (Fsp3) is 0.556. The van der Waals surface area contributed by atoms with Crippen molar-refractivity contribution in [1.29, 1.82) is 0 Å². The third-order valence-corrected chi connectivity index (χ3v) is 3.00. The monoisotopic (exact) mass is 239 g/mol. The number of hydrogen-bond acceptors (Lipinski definition) is 5. The Bertz CT molecular complexity index is 503. The minimum atomic E-state index is 0.0604. The molecule has 0 atom stereocenters. The van der Waals surface area contributed by atoms with Crippen molar-refractivity contribution in [3.8, 4) is 0 Å². The third-order valence-electron chi connectivity index (χ3n) is 2.10. The van der Waals surface area contributed by atoms with Crippen LogP contribution >= 0.6 is 11.3 Å². The van der Waals surface area contributed by atoms with Gasteiger partial charge in [-0.15, -0.1) is 10.2 Å². The van der Waals surface area contributed by atoms with E-state index in [9.17, 15) is 4.79 Å². The molecule has 6 nitrogen and oxygen atoms in total. The lowest BCUT2D eigenvalue weighted by Gasteiger charge is -1.99. The van der Waals surface area contributed by atoms with Gasteiger partial charge in [0.1, 0.15) is 5.01 Å². The number of fused-ring (bicyclic) bond motifs is 1. The Morgan fingerprint density at radius 2 is 2.31 bits per heavy atom. The summed E-state index contributed by atoms with van der Waals surface area (Å²) in [5.74, 6) is 0.822. The number of carbonyl (C=O) groups excluding carboxylic acids is 1. The minimum absolute atomic E-state index is 0.0604. The van der Waals surface area contributed by atoms with Crippen molar-refractivity contribution in [2.75, 3.05) is 0 Å². The molecule has 0 saturated carbocycles. The van der Waals surface area contributed by atoms with E-state index in [1.807, 2.05) is 13.8 Å². The van der Waals surface area contributed by atoms with Crippen molar-refractivity contribution in [3.05, 3.63) is 10.8 Å². The Morgan fingerprint density at radius 3 is 3.00 bits per heavy atom. The van der Waals surface area contributed by atoms with E-state index in [2.05, 4.69) is 20.6 Å². The van der Waals surface area contributed by atoms with Gasteiger partial charge < -0.3 is 5.32 Å². The smallest absolute Gasteiger partial charge is 0.234 e. The van der Waals surface area contributed by atoms with Gasteiger partial charge in [-0.3, -0.25) is 4.79 Å². The molecule has 2 aromatic rings. The van der Waals surface area contributed by atoms with Gasteiger partial charge in [0.15, 0.2) is 5.82 Å². The summed E-state index contributed by atoms with van der Waals surface area (Å²) in [7, 11) is 0. The van der Waals surface area contributed by atoms with Crippen LogP contribution in [0, 0.1) is 6.92 Å². The summed E-state index contributed by atoms with van der Waals surface area (Å²) in [6.45, 7) is 4.29. The highest BCUT2D eigenvalue weighted by Crippen LogP contribution is 2.13. The Labute approximate surface area is 96.7 Å². The topological polar surface area (TPSA) is 72.2 Å². The second kappa shape index (κ2) is 4.56. The van der Waals surface area contributed by atoms with Crippen LogP contribution in [0.2, 0.25) is 0 Å². The van der Waals surface area contributed by atoms with Gasteiger partial charge in [-0.05, 0) is 13.3 Å². The molecule has 0 fully saturated rings. The van der Waals surface area contributed by atoms with Gasteiger partial charge in [-0.2, -0.15) is 9.61 Å².